The Kier molecular flexibility index (Phi) is 5.73. The normalized spacial score (nSPS) is 17.8. The maximum atomic E-state index is 5.56. The van der Waals surface area contributed by atoms with Crippen molar-refractivity contribution in [2.24, 2.45) is 5.16 Å². The summed E-state index contributed by atoms with van der Waals surface area (Å²) >= 11 is 0. The molecule has 1 aliphatic heterocycles. The number of hydrogen-bond acceptors (Lipinski definition) is 4. The van der Waals surface area contributed by atoms with E-state index in [1.165, 1.54) is 4.90 Å². The van der Waals surface area contributed by atoms with Gasteiger partial charge in [-0.15, -0.1) is 0 Å². The van der Waals surface area contributed by atoms with Crippen molar-refractivity contribution in [3.05, 3.63) is 35.9 Å². The van der Waals surface area contributed by atoms with E-state index in [-0.39, 0.29) is 0 Å². The van der Waals surface area contributed by atoms with Gasteiger partial charge in [0.1, 0.15) is 25.3 Å². The lowest BCUT2D eigenvalue weighted by molar-refractivity contribution is -0.899. The molecule has 0 radical (unpaired) electrons. The molecular formula is C16H25N2O3+. The van der Waals surface area contributed by atoms with Crippen LogP contribution in [0.1, 0.15) is 19.4 Å². The van der Waals surface area contributed by atoms with Crippen molar-refractivity contribution in [2.45, 2.75) is 19.6 Å². The van der Waals surface area contributed by atoms with Crippen LogP contribution >= 0.6 is 0 Å². The van der Waals surface area contributed by atoms with E-state index in [0.717, 1.165) is 44.1 Å². The van der Waals surface area contributed by atoms with Crippen molar-refractivity contribution in [2.75, 3.05) is 40.0 Å². The van der Waals surface area contributed by atoms with E-state index in [1.807, 2.05) is 32.0 Å². The van der Waals surface area contributed by atoms with Crippen LogP contribution in [0, 0.1) is 0 Å². The largest absolute Gasteiger partial charge is 0.370 e. The zero-order chi connectivity index (χ0) is 15.1. The standard InChI is InChI=1S/C16H24N2O3/c1-16(2,19-3)21-17-15(14-7-5-4-6-8-14)13-18-9-11-20-12-10-18/h4-8H,9-13H2,1-3H3/p+1/b17-15+. The van der Waals surface area contributed by atoms with Crippen LogP contribution < -0.4 is 4.90 Å². The molecule has 1 fully saturated rings. The van der Waals surface area contributed by atoms with E-state index >= 15 is 0 Å². The molecule has 116 valence electrons. The Morgan fingerprint density at radius 2 is 1.90 bits per heavy atom. The lowest BCUT2D eigenvalue weighted by atomic mass is 10.1. The first-order valence-corrected chi connectivity index (χ1v) is 7.37. The minimum atomic E-state index is -0.722. The molecule has 1 aliphatic rings. The first kappa shape index (κ1) is 15.9. The number of quaternary nitrogens is 1. The Bertz CT molecular complexity index is 454. The predicted octanol–water partition coefficient (Wildman–Crippen LogP) is 0.705. The molecule has 2 rings (SSSR count). The molecule has 1 N–H and O–H groups in total. The Hall–Kier alpha value is -1.43. The number of nitrogens with zero attached hydrogens (tertiary/aromatic N) is 1. The number of ether oxygens (including phenoxy) is 2. The molecule has 0 saturated carbocycles. The van der Waals surface area contributed by atoms with Crippen molar-refractivity contribution in [3.8, 4) is 0 Å². The lowest BCUT2D eigenvalue weighted by Gasteiger charge is -2.25. The summed E-state index contributed by atoms with van der Waals surface area (Å²) in [5.74, 6) is -0.722. The van der Waals surface area contributed by atoms with E-state index in [1.54, 1.807) is 7.11 Å². The highest BCUT2D eigenvalue weighted by atomic mass is 16.8. The zero-order valence-corrected chi connectivity index (χ0v) is 13.1. The highest BCUT2D eigenvalue weighted by Gasteiger charge is 2.21. The smallest absolute Gasteiger partial charge is 0.230 e. The molecule has 0 spiro atoms. The van der Waals surface area contributed by atoms with Crippen molar-refractivity contribution in [1.29, 1.82) is 0 Å². The number of hydrogen-bond donors (Lipinski definition) is 1. The second-order valence-electron chi connectivity index (χ2n) is 5.64. The maximum Gasteiger partial charge on any atom is 0.230 e. The fourth-order valence-electron chi connectivity index (χ4n) is 2.09. The fraction of sp³-hybridized carbons (Fsp3) is 0.562. The third-order valence-electron chi connectivity index (χ3n) is 3.59. The van der Waals surface area contributed by atoms with Crippen LogP contribution in [0.4, 0.5) is 0 Å². The summed E-state index contributed by atoms with van der Waals surface area (Å²) in [7, 11) is 1.62. The summed E-state index contributed by atoms with van der Waals surface area (Å²) in [5, 5.41) is 4.36. The number of benzene rings is 1. The molecule has 21 heavy (non-hydrogen) atoms. The van der Waals surface area contributed by atoms with Crippen molar-refractivity contribution in [3.63, 3.8) is 0 Å². The fourth-order valence-corrected chi connectivity index (χ4v) is 2.09. The number of methoxy groups -OCH3 is 1. The second kappa shape index (κ2) is 7.54. The minimum absolute atomic E-state index is 0.722. The summed E-state index contributed by atoms with van der Waals surface area (Å²) in [5.41, 5.74) is 2.03. The maximum absolute atomic E-state index is 5.56. The number of oxime groups is 1. The molecule has 0 bridgehead atoms. The Morgan fingerprint density at radius 3 is 2.52 bits per heavy atom. The van der Waals surface area contributed by atoms with Crippen molar-refractivity contribution < 1.29 is 19.2 Å². The number of rotatable bonds is 6. The third kappa shape index (κ3) is 5.12. The summed E-state index contributed by atoms with van der Waals surface area (Å²) < 4.78 is 10.7. The summed E-state index contributed by atoms with van der Waals surface area (Å²) in [6.07, 6.45) is 0. The molecule has 0 aliphatic carbocycles. The van der Waals surface area contributed by atoms with E-state index in [9.17, 15) is 0 Å². The topological polar surface area (TPSA) is 44.5 Å². The Morgan fingerprint density at radius 1 is 1.24 bits per heavy atom. The van der Waals surface area contributed by atoms with Gasteiger partial charge in [-0.1, -0.05) is 35.5 Å². The van der Waals surface area contributed by atoms with Gasteiger partial charge in [0, 0.05) is 26.5 Å². The van der Waals surface area contributed by atoms with Gasteiger partial charge in [0.05, 0.1) is 13.2 Å². The molecule has 0 atom stereocenters. The van der Waals surface area contributed by atoms with Crippen LogP contribution in [-0.4, -0.2) is 51.5 Å². The van der Waals surface area contributed by atoms with Gasteiger partial charge in [-0.3, -0.25) is 0 Å². The molecule has 5 nitrogen and oxygen atoms in total. The third-order valence-corrected chi connectivity index (χ3v) is 3.59. The van der Waals surface area contributed by atoms with Gasteiger partial charge in [0.15, 0.2) is 0 Å². The van der Waals surface area contributed by atoms with Gasteiger partial charge in [0.25, 0.3) is 0 Å². The van der Waals surface area contributed by atoms with Crippen LogP contribution in [0.3, 0.4) is 0 Å². The van der Waals surface area contributed by atoms with Crippen molar-refractivity contribution in [1.82, 2.24) is 0 Å². The van der Waals surface area contributed by atoms with Crippen LogP contribution in [-0.2, 0) is 14.3 Å². The summed E-state index contributed by atoms with van der Waals surface area (Å²) in [4.78, 5) is 7.02. The zero-order valence-electron chi connectivity index (χ0n) is 13.1. The average molecular weight is 293 g/mol. The molecular weight excluding hydrogens is 268 g/mol. The predicted molar refractivity (Wildman–Crippen MR) is 81.5 cm³/mol. The van der Waals surface area contributed by atoms with E-state index in [4.69, 9.17) is 14.3 Å². The highest BCUT2D eigenvalue weighted by molar-refractivity contribution is 6.00. The summed E-state index contributed by atoms with van der Waals surface area (Å²) in [6, 6.07) is 10.1. The van der Waals surface area contributed by atoms with Crippen LogP contribution in [0.25, 0.3) is 0 Å². The first-order valence-electron chi connectivity index (χ1n) is 7.37. The van der Waals surface area contributed by atoms with E-state index in [0.29, 0.717) is 0 Å². The Balaban J connectivity index is 2.12. The van der Waals surface area contributed by atoms with Gasteiger partial charge in [0.2, 0.25) is 5.79 Å². The molecule has 0 unspecified atom stereocenters. The highest BCUT2D eigenvalue weighted by Crippen LogP contribution is 2.11. The quantitative estimate of drug-likeness (QED) is 0.477. The molecule has 1 heterocycles. The van der Waals surface area contributed by atoms with Gasteiger partial charge < -0.3 is 19.2 Å². The second-order valence-corrected chi connectivity index (χ2v) is 5.64. The Labute approximate surface area is 126 Å². The molecule has 1 aromatic rings. The van der Waals surface area contributed by atoms with Crippen molar-refractivity contribution >= 4 is 5.71 Å². The molecule has 0 aromatic heterocycles. The van der Waals surface area contributed by atoms with Crippen LogP contribution in [0.15, 0.2) is 35.5 Å². The van der Waals surface area contributed by atoms with Crippen LogP contribution in [0.5, 0.6) is 0 Å². The van der Waals surface area contributed by atoms with Crippen LogP contribution in [0.2, 0.25) is 0 Å². The van der Waals surface area contributed by atoms with E-state index < -0.39 is 5.79 Å². The minimum Gasteiger partial charge on any atom is -0.370 e. The van der Waals surface area contributed by atoms with Gasteiger partial charge in [-0.05, 0) is 0 Å². The van der Waals surface area contributed by atoms with Gasteiger partial charge >= 0.3 is 0 Å². The number of nitrogens with one attached hydrogen (secondary N) is 1. The molecule has 1 saturated heterocycles. The van der Waals surface area contributed by atoms with Gasteiger partial charge in [-0.25, -0.2) is 0 Å². The molecule has 1 aromatic carbocycles. The SMILES string of the molecule is COC(C)(C)O/N=C(\C[NH+]1CCOCC1)c1ccccc1. The van der Waals surface area contributed by atoms with E-state index in [2.05, 4.69) is 17.3 Å². The summed E-state index contributed by atoms with van der Waals surface area (Å²) in [6.45, 7) is 8.14. The molecule has 0 amide bonds. The lowest BCUT2D eigenvalue weighted by Crippen LogP contribution is -3.14. The monoisotopic (exact) mass is 293 g/mol. The van der Waals surface area contributed by atoms with Gasteiger partial charge in [-0.2, -0.15) is 0 Å². The number of morpholine rings is 1. The first-order chi connectivity index (χ1) is 10.1. The molecule has 5 heteroatoms. The average Bonchev–Trinajstić information content (AvgIpc) is 2.53.